The van der Waals surface area contributed by atoms with Gasteiger partial charge in [-0.2, -0.15) is 4.98 Å². The molecule has 1 aromatic carbocycles. The summed E-state index contributed by atoms with van der Waals surface area (Å²) >= 11 is 0. The molecule has 2 N–H and O–H groups in total. The van der Waals surface area contributed by atoms with Crippen LogP contribution in [-0.4, -0.2) is 25.3 Å². The fourth-order valence-corrected chi connectivity index (χ4v) is 2.23. The molecule has 0 aliphatic heterocycles. The number of para-hydroxylation sites is 1. The number of oxazole rings is 1. The zero-order valence-corrected chi connectivity index (χ0v) is 11.1. The summed E-state index contributed by atoms with van der Waals surface area (Å²) in [5.41, 5.74) is 0.932. The number of carbonyl (C=O) groups excluding carboxylic acids is 1. The molecule has 8 nitrogen and oxygen atoms in total. The molecule has 0 aliphatic rings. The predicted octanol–water partition coefficient (Wildman–Crippen LogP) is 1.42. The first kappa shape index (κ1) is 12.3. The zero-order valence-electron chi connectivity index (χ0n) is 11.1. The highest BCUT2D eigenvalue weighted by Gasteiger charge is 2.15. The molecule has 3 heterocycles. The second-order valence-electron chi connectivity index (χ2n) is 4.60. The number of nitrogens with one attached hydrogen (secondary N) is 2. The molecule has 4 rings (SSSR count). The van der Waals surface area contributed by atoms with Crippen LogP contribution in [0.15, 0.2) is 52.1 Å². The van der Waals surface area contributed by atoms with Gasteiger partial charge in [-0.05, 0) is 18.2 Å². The molecule has 3 aromatic heterocycles. The lowest BCUT2D eigenvalue weighted by Gasteiger charge is -2.01. The van der Waals surface area contributed by atoms with E-state index in [1.807, 2.05) is 0 Å². The number of imidazole rings is 1. The minimum absolute atomic E-state index is 0.215. The van der Waals surface area contributed by atoms with Crippen LogP contribution in [0.2, 0.25) is 0 Å². The number of anilines is 1. The zero-order chi connectivity index (χ0) is 15.1. The Kier molecular flexibility index (Phi) is 2.55. The number of carbonyl (C=O) groups is 1. The number of aromatic nitrogens is 4. The topological polar surface area (TPSA) is 105 Å². The van der Waals surface area contributed by atoms with Crippen molar-refractivity contribution in [1.29, 1.82) is 0 Å². The van der Waals surface area contributed by atoms with Crippen LogP contribution in [-0.2, 0) is 0 Å². The summed E-state index contributed by atoms with van der Waals surface area (Å²) in [6.45, 7) is 0. The molecule has 0 bridgehead atoms. The normalized spacial score (nSPS) is 11.1. The molecule has 108 valence electrons. The van der Waals surface area contributed by atoms with Gasteiger partial charge in [0.15, 0.2) is 11.4 Å². The Morgan fingerprint density at radius 1 is 1.32 bits per heavy atom. The third-order valence-electron chi connectivity index (χ3n) is 3.17. The van der Waals surface area contributed by atoms with Gasteiger partial charge in [0.2, 0.25) is 5.78 Å². The highest BCUT2D eigenvalue weighted by Crippen LogP contribution is 2.17. The van der Waals surface area contributed by atoms with Crippen molar-refractivity contribution in [2.75, 3.05) is 5.32 Å². The maximum absolute atomic E-state index is 12.4. The smallest absolute Gasteiger partial charge is 0.407 e. The van der Waals surface area contributed by atoms with Crippen LogP contribution in [0.5, 0.6) is 0 Å². The van der Waals surface area contributed by atoms with Gasteiger partial charge in [0.25, 0.3) is 5.91 Å². The Bertz CT molecular complexity index is 1030. The summed E-state index contributed by atoms with van der Waals surface area (Å²) in [5.74, 6) is -0.188. The van der Waals surface area contributed by atoms with Gasteiger partial charge < -0.3 is 9.73 Å². The van der Waals surface area contributed by atoms with Crippen molar-refractivity contribution in [3.05, 3.63) is 59.0 Å². The Balaban J connectivity index is 1.72. The fourth-order valence-electron chi connectivity index (χ4n) is 2.23. The van der Waals surface area contributed by atoms with E-state index in [2.05, 4.69) is 20.3 Å². The van der Waals surface area contributed by atoms with Gasteiger partial charge in [-0.3, -0.25) is 14.2 Å². The molecule has 8 heteroatoms. The minimum atomic E-state index is -0.604. The summed E-state index contributed by atoms with van der Waals surface area (Å²) in [6.07, 6.45) is 5.04. The average Bonchev–Trinajstić information content (AvgIpc) is 3.07. The van der Waals surface area contributed by atoms with Crippen molar-refractivity contribution in [2.45, 2.75) is 0 Å². The minimum Gasteiger partial charge on any atom is -0.407 e. The maximum Gasteiger partial charge on any atom is 0.417 e. The summed E-state index contributed by atoms with van der Waals surface area (Å²) < 4.78 is 6.69. The van der Waals surface area contributed by atoms with Gasteiger partial charge in [0, 0.05) is 12.4 Å². The van der Waals surface area contributed by atoms with E-state index in [-0.39, 0.29) is 11.1 Å². The van der Waals surface area contributed by atoms with Crippen LogP contribution in [0.25, 0.3) is 16.9 Å². The standard InChI is InChI=1S/C14H9N5O3/c20-12(8-3-1-4-9-11(8)22-14(21)16-9)17-10-7-19-6-2-5-15-13(19)18-10/h1-7H,(H,16,21)(H,17,20). The summed E-state index contributed by atoms with van der Waals surface area (Å²) in [4.78, 5) is 34.4. The maximum atomic E-state index is 12.4. The lowest BCUT2D eigenvalue weighted by atomic mass is 10.2. The first-order valence-corrected chi connectivity index (χ1v) is 6.43. The first-order valence-electron chi connectivity index (χ1n) is 6.43. The summed E-state index contributed by atoms with van der Waals surface area (Å²) in [7, 11) is 0. The van der Waals surface area contributed by atoms with Crippen molar-refractivity contribution in [3.63, 3.8) is 0 Å². The van der Waals surface area contributed by atoms with Gasteiger partial charge in [-0.15, -0.1) is 0 Å². The number of amides is 1. The highest BCUT2D eigenvalue weighted by atomic mass is 16.4. The number of aromatic amines is 1. The number of rotatable bonds is 2. The van der Waals surface area contributed by atoms with Crippen LogP contribution >= 0.6 is 0 Å². The van der Waals surface area contributed by atoms with Gasteiger partial charge in [-0.1, -0.05) is 6.07 Å². The second-order valence-corrected chi connectivity index (χ2v) is 4.60. The van der Waals surface area contributed by atoms with Crippen LogP contribution in [0, 0.1) is 0 Å². The lowest BCUT2D eigenvalue weighted by Crippen LogP contribution is -2.12. The van der Waals surface area contributed by atoms with E-state index < -0.39 is 11.7 Å². The monoisotopic (exact) mass is 295 g/mol. The molecule has 22 heavy (non-hydrogen) atoms. The third kappa shape index (κ3) is 1.94. The number of hydrogen-bond donors (Lipinski definition) is 2. The van der Waals surface area contributed by atoms with E-state index in [9.17, 15) is 9.59 Å². The molecule has 0 saturated heterocycles. The first-order chi connectivity index (χ1) is 10.7. The van der Waals surface area contributed by atoms with Crippen molar-refractivity contribution in [1.82, 2.24) is 19.4 Å². The van der Waals surface area contributed by atoms with Crippen molar-refractivity contribution < 1.29 is 9.21 Å². The molecule has 0 atom stereocenters. The number of fused-ring (bicyclic) bond motifs is 2. The van der Waals surface area contributed by atoms with E-state index in [1.54, 1.807) is 47.3 Å². The molecular formula is C14H9N5O3. The Labute approximate surface area is 122 Å². The van der Waals surface area contributed by atoms with Gasteiger partial charge >= 0.3 is 5.76 Å². The summed E-state index contributed by atoms with van der Waals surface area (Å²) in [6, 6.07) is 6.65. The molecular weight excluding hydrogens is 286 g/mol. The Morgan fingerprint density at radius 2 is 2.23 bits per heavy atom. The second kappa shape index (κ2) is 4.55. The molecule has 1 amide bonds. The van der Waals surface area contributed by atoms with Crippen LogP contribution in [0.4, 0.5) is 5.82 Å². The Hall–Kier alpha value is -3.42. The average molecular weight is 295 g/mol. The van der Waals surface area contributed by atoms with Gasteiger partial charge in [0.05, 0.1) is 17.3 Å². The van der Waals surface area contributed by atoms with Crippen molar-refractivity contribution in [2.24, 2.45) is 0 Å². The fraction of sp³-hybridized carbons (Fsp3) is 0. The predicted molar refractivity (Wildman–Crippen MR) is 77.8 cm³/mol. The number of nitrogens with zero attached hydrogens (tertiary/aromatic N) is 3. The van der Waals surface area contributed by atoms with Gasteiger partial charge in [-0.25, -0.2) is 9.78 Å². The lowest BCUT2D eigenvalue weighted by molar-refractivity contribution is 0.102. The van der Waals surface area contributed by atoms with Crippen LogP contribution in [0.1, 0.15) is 10.4 Å². The van der Waals surface area contributed by atoms with Crippen molar-refractivity contribution in [3.8, 4) is 0 Å². The molecule has 0 aliphatic carbocycles. The quantitative estimate of drug-likeness (QED) is 0.581. The summed E-state index contributed by atoms with van der Waals surface area (Å²) in [5, 5.41) is 2.66. The number of hydrogen-bond acceptors (Lipinski definition) is 5. The Morgan fingerprint density at radius 3 is 3.09 bits per heavy atom. The van der Waals surface area contributed by atoms with Crippen LogP contribution < -0.4 is 11.1 Å². The van der Waals surface area contributed by atoms with Crippen LogP contribution in [0.3, 0.4) is 0 Å². The molecule has 4 aromatic rings. The molecule has 0 saturated carbocycles. The number of benzene rings is 1. The third-order valence-corrected chi connectivity index (χ3v) is 3.17. The molecule has 0 unspecified atom stereocenters. The van der Waals surface area contributed by atoms with E-state index in [0.717, 1.165) is 0 Å². The van der Waals surface area contributed by atoms with E-state index >= 15 is 0 Å². The molecule has 0 radical (unpaired) electrons. The molecule has 0 spiro atoms. The molecule has 0 fully saturated rings. The van der Waals surface area contributed by atoms with E-state index in [1.165, 1.54) is 0 Å². The highest BCUT2D eigenvalue weighted by molar-refractivity contribution is 6.10. The van der Waals surface area contributed by atoms with Crippen molar-refractivity contribution >= 4 is 28.6 Å². The van der Waals surface area contributed by atoms with E-state index in [4.69, 9.17) is 4.42 Å². The van der Waals surface area contributed by atoms with E-state index in [0.29, 0.717) is 17.1 Å². The number of H-pyrrole nitrogens is 1. The van der Waals surface area contributed by atoms with Gasteiger partial charge in [0.1, 0.15) is 0 Å². The SMILES string of the molecule is O=C(Nc1cn2cccnc2n1)c1cccc2[nH]c(=O)oc12. The largest absolute Gasteiger partial charge is 0.417 e.